The lowest BCUT2D eigenvalue weighted by molar-refractivity contribution is -0.0332. The van der Waals surface area contributed by atoms with Crippen LogP contribution in [0.4, 0.5) is 0 Å². The number of benzene rings is 1. The summed E-state index contributed by atoms with van der Waals surface area (Å²) in [5.41, 5.74) is -0.942. The molecule has 18 heavy (non-hydrogen) atoms. The first-order valence-electron chi connectivity index (χ1n) is 5.59. The van der Waals surface area contributed by atoms with Gasteiger partial charge in [-0.3, -0.25) is 0 Å². The summed E-state index contributed by atoms with van der Waals surface area (Å²) in [6, 6.07) is 9.08. The fourth-order valence-electron chi connectivity index (χ4n) is 1.79. The molecule has 1 saturated heterocycles. The van der Waals surface area contributed by atoms with Crippen molar-refractivity contribution in [2.75, 3.05) is 6.61 Å². The van der Waals surface area contributed by atoms with Crippen molar-refractivity contribution in [3.63, 3.8) is 0 Å². The van der Waals surface area contributed by atoms with Gasteiger partial charge in [0.1, 0.15) is 18.3 Å². The number of ether oxygens (including phenoxy) is 1. The van der Waals surface area contributed by atoms with Crippen LogP contribution in [0.1, 0.15) is 5.56 Å². The smallest absolute Gasteiger partial charge is 0.161 e. The molecule has 1 aliphatic rings. The predicted octanol–water partition coefficient (Wildman–Crippen LogP) is -0.399. The summed E-state index contributed by atoms with van der Waals surface area (Å²) in [5, 5.41) is 28.4. The quantitative estimate of drug-likeness (QED) is 0.590. The van der Waals surface area contributed by atoms with Gasteiger partial charge < -0.3 is 20.1 Å². The molecule has 2 radical (unpaired) electrons. The van der Waals surface area contributed by atoms with Crippen molar-refractivity contribution in [1.29, 1.82) is 0 Å². The van der Waals surface area contributed by atoms with E-state index in [1.807, 2.05) is 18.2 Å². The summed E-state index contributed by atoms with van der Waals surface area (Å²) in [5.74, 6) is 5.37. The fraction of sp³-hybridized carbons (Fsp3) is 0.357. The van der Waals surface area contributed by atoms with Gasteiger partial charge in [0.05, 0.1) is 6.61 Å². The summed E-state index contributed by atoms with van der Waals surface area (Å²) < 4.78 is 5.20. The molecule has 1 aromatic rings. The minimum atomic E-state index is -1.66. The third kappa shape index (κ3) is 2.40. The van der Waals surface area contributed by atoms with E-state index in [0.29, 0.717) is 0 Å². The third-order valence-corrected chi connectivity index (χ3v) is 2.85. The molecule has 3 N–H and O–H groups in total. The van der Waals surface area contributed by atoms with Crippen molar-refractivity contribution in [2.45, 2.75) is 23.9 Å². The lowest BCUT2D eigenvalue weighted by Crippen LogP contribution is -2.39. The van der Waals surface area contributed by atoms with Gasteiger partial charge in [-0.25, -0.2) is 0 Å². The van der Waals surface area contributed by atoms with E-state index in [-0.39, 0.29) is 0 Å². The Labute approximate surface area is 106 Å². The second-order valence-electron chi connectivity index (χ2n) is 4.18. The highest BCUT2D eigenvalue weighted by atomic mass is 16.6. The van der Waals surface area contributed by atoms with E-state index < -0.39 is 30.5 Å². The molecule has 1 aromatic carbocycles. The van der Waals surface area contributed by atoms with Gasteiger partial charge >= 0.3 is 0 Å². The van der Waals surface area contributed by atoms with Crippen molar-refractivity contribution in [2.24, 2.45) is 0 Å². The van der Waals surface area contributed by atoms with Crippen LogP contribution in [-0.4, -0.2) is 45.8 Å². The molecule has 0 aromatic heterocycles. The number of hydrogen-bond acceptors (Lipinski definition) is 4. The van der Waals surface area contributed by atoms with Crippen LogP contribution >= 0.6 is 0 Å². The molecule has 94 valence electrons. The van der Waals surface area contributed by atoms with Crippen molar-refractivity contribution in [3.8, 4) is 11.8 Å². The van der Waals surface area contributed by atoms with Crippen LogP contribution in [0, 0.1) is 18.8 Å². The van der Waals surface area contributed by atoms with E-state index in [1.165, 1.54) is 0 Å². The SMILES string of the molecule is [CH]C1(C#Cc2ccccc2)O[C@H](CO)[C@H](O)C1O. The van der Waals surface area contributed by atoms with Gasteiger partial charge in [-0.1, -0.05) is 30.0 Å². The van der Waals surface area contributed by atoms with Crippen LogP contribution in [0.5, 0.6) is 0 Å². The molecule has 1 heterocycles. The molecule has 2 unspecified atom stereocenters. The molecule has 1 fully saturated rings. The predicted molar refractivity (Wildman–Crippen MR) is 64.3 cm³/mol. The summed E-state index contributed by atoms with van der Waals surface area (Å²) in [6.07, 6.45) is -3.52. The summed E-state index contributed by atoms with van der Waals surface area (Å²) in [4.78, 5) is 0. The van der Waals surface area contributed by atoms with Crippen molar-refractivity contribution < 1.29 is 20.1 Å². The van der Waals surface area contributed by atoms with E-state index in [1.54, 1.807) is 12.1 Å². The first-order chi connectivity index (χ1) is 8.57. The monoisotopic (exact) mass is 246 g/mol. The Morgan fingerprint density at radius 3 is 2.50 bits per heavy atom. The van der Waals surface area contributed by atoms with Gasteiger partial charge in [-0.05, 0) is 12.1 Å². The second kappa shape index (κ2) is 5.09. The molecular formula is C14H14O4. The normalized spacial score (nSPS) is 35.0. The first-order valence-corrected chi connectivity index (χ1v) is 5.59. The number of aliphatic hydroxyl groups excluding tert-OH is 3. The molecule has 2 rings (SSSR count). The number of rotatable bonds is 1. The Morgan fingerprint density at radius 1 is 1.28 bits per heavy atom. The van der Waals surface area contributed by atoms with E-state index in [0.717, 1.165) is 5.56 Å². The Bertz CT molecular complexity index is 462. The molecule has 0 bridgehead atoms. The van der Waals surface area contributed by atoms with Gasteiger partial charge in [0, 0.05) is 12.5 Å². The minimum Gasteiger partial charge on any atom is -0.394 e. The van der Waals surface area contributed by atoms with Gasteiger partial charge in [0.15, 0.2) is 5.60 Å². The highest BCUT2D eigenvalue weighted by Crippen LogP contribution is 2.30. The standard InChI is InChI=1S/C14H14O4/c1-14(8-7-10-5-3-2-4-6-10)13(17)12(16)11(9-15)18-14/h1-6,11-13,15-17H,9H2/t11-,12+,13?,14?/m1/s1. The first kappa shape index (κ1) is 13.1. The fourth-order valence-corrected chi connectivity index (χ4v) is 1.79. The Kier molecular flexibility index (Phi) is 3.69. The molecule has 4 atom stereocenters. The summed E-state index contributed by atoms with van der Waals surface area (Å²) in [6.45, 7) is 5.36. The van der Waals surface area contributed by atoms with E-state index in [4.69, 9.17) is 16.8 Å². The molecule has 0 amide bonds. The zero-order chi connectivity index (χ0) is 13.2. The van der Waals surface area contributed by atoms with Gasteiger partial charge in [0.2, 0.25) is 0 Å². The Balaban J connectivity index is 2.21. The average Bonchev–Trinajstić information content (AvgIpc) is 2.63. The maximum Gasteiger partial charge on any atom is 0.161 e. The number of aliphatic hydroxyl groups is 3. The molecule has 4 heteroatoms. The molecule has 0 saturated carbocycles. The van der Waals surface area contributed by atoms with Crippen LogP contribution in [0.3, 0.4) is 0 Å². The zero-order valence-electron chi connectivity index (χ0n) is 9.65. The van der Waals surface area contributed by atoms with Crippen LogP contribution in [-0.2, 0) is 4.74 Å². The lowest BCUT2D eigenvalue weighted by atomic mass is 9.97. The molecule has 4 nitrogen and oxygen atoms in total. The van der Waals surface area contributed by atoms with Crippen LogP contribution < -0.4 is 0 Å². The van der Waals surface area contributed by atoms with Crippen LogP contribution in [0.2, 0.25) is 0 Å². The van der Waals surface area contributed by atoms with Crippen LogP contribution in [0.25, 0.3) is 0 Å². The van der Waals surface area contributed by atoms with Crippen molar-refractivity contribution >= 4 is 0 Å². The third-order valence-electron chi connectivity index (χ3n) is 2.85. The largest absolute Gasteiger partial charge is 0.394 e. The molecule has 0 aliphatic carbocycles. The van der Waals surface area contributed by atoms with Crippen LogP contribution in [0.15, 0.2) is 30.3 Å². The van der Waals surface area contributed by atoms with Gasteiger partial charge in [-0.2, -0.15) is 0 Å². The van der Waals surface area contributed by atoms with E-state index >= 15 is 0 Å². The molecule has 0 spiro atoms. The molecule has 1 aliphatic heterocycles. The van der Waals surface area contributed by atoms with Crippen molar-refractivity contribution in [3.05, 3.63) is 42.8 Å². The topological polar surface area (TPSA) is 69.9 Å². The average molecular weight is 246 g/mol. The Hall–Kier alpha value is -1.38. The second-order valence-corrected chi connectivity index (χ2v) is 4.18. The van der Waals surface area contributed by atoms with E-state index in [2.05, 4.69) is 11.8 Å². The maximum atomic E-state index is 9.78. The Morgan fingerprint density at radius 2 is 1.94 bits per heavy atom. The summed E-state index contributed by atoms with van der Waals surface area (Å²) >= 11 is 0. The minimum absolute atomic E-state index is 0.426. The van der Waals surface area contributed by atoms with E-state index in [9.17, 15) is 10.2 Å². The zero-order valence-corrected chi connectivity index (χ0v) is 9.65. The highest BCUT2D eigenvalue weighted by Gasteiger charge is 2.50. The van der Waals surface area contributed by atoms with Crippen molar-refractivity contribution in [1.82, 2.24) is 0 Å². The van der Waals surface area contributed by atoms with Gasteiger partial charge in [0.25, 0.3) is 0 Å². The number of hydrogen-bond donors (Lipinski definition) is 3. The summed E-state index contributed by atoms with van der Waals surface area (Å²) in [7, 11) is 0. The highest BCUT2D eigenvalue weighted by molar-refractivity contribution is 5.38. The molecular weight excluding hydrogens is 232 g/mol. The van der Waals surface area contributed by atoms with Gasteiger partial charge in [-0.15, -0.1) is 0 Å². The maximum absolute atomic E-state index is 9.78. The lowest BCUT2D eigenvalue weighted by Gasteiger charge is -2.20.